The molecule has 24 heavy (non-hydrogen) atoms. The van der Waals surface area contributed by atoms with Gasteiger partial charge in [-0.15, -0.1) is 6.58 Å². The van der Waals surface area contributed by atoms with E-state index < -0.39 is 11.7 Å². The number of aromatic nitrogens is 1. The summed E-state index contributed by atoms with van der Waals surface area (Å²) >= 11 is 7.60. The number of fused-ring (bicyclic) bond motifs is 1. The highest BCUT2D eigenvalue weighted by Gasteiger charge is 2.12. The highest BCUT2D eigenvalue weighted by atomic mass is 35.5. The number of carbonyl (C=O) groups is 1. The van der Waals surface area contributed by atoms with Crippen LogP contribution in [0.5, 0.6) is 0 Å². The lowest BCUT2D eigenvalue weighted by atomic mass is 10.2. The first kappa shape index (κ1) is 16.6. The Balaban J connectivity index is 2.21. The zero-order chi connectivity index (χ0) is 17.3. The van der Waals surface area contributed by atoms with E-state index in [1.165, 1.54) is 29.5 Å². The highest BCUT2D eigenvalue weighted by molar-refractivity contribution is 7.16. The van der Waals surface area contributed by atoms with Crippen molar-refractivity contribution in [3.8, 4) is 0 Å². The normalized spacial score (nSPS) is 11.9. The Hall–Kier alpha value is -2.24. The second kappa shape index (κ2) is 6.71. The van der Waals surface area contributed by atoms with E-state index in [2.05, 4.69) is 11.6 Å². The number of thiazole rings is 1. The van der Waals surface area contributed by atoms with E-state index in [-0.39, 0.29) is 5.56 Å². The van der Waals surface area contributed by atoms with Gasteiger partial charge in [-0.3, -0.25) is 4.79 Å². The quantitative estimate of drug-likeness (QED) is 0.622. The summed E-state index contributed by atoms with van der Waals surface area (Å²) < 4.78 is 16.2. The van der Waals surface area contributed by atoms with E-state index in [0.717, 1.165) is 15.8 Å². The van der Waals surface area contributed by atoms with E-state index >= 15 is 0 Å². The molecule has 0 aliphatic heterocycles. The predicted molar refractivity (Wildman–Crippen MR) is 96.1 cm³/mol. The zero-order valence-corrected chi connectivity index (χ0v) is 14.5. The van der Waals surface area contributed by atoms with Crippen molar-refractivity contribution in [3.63, 3.8) is 0 Å². The van der Waals surface area contributed by atoms with Gasteiger partial charge in [-0.1, -0.05) is 35.1 Å². The minimum absolute atomic E-state index is 0.215. The van der Waals surface area contributed by atoms with Gasteiger partial charge in [0.25, 0.3) is 5.91 Å². The van der Waals surface area contributed by atoms with Gasteiger partial charge in [-0.05, 0) is 42.8 Å². The van der Waals surface area contributed by atoms with Crippen molar-refractivity contribution >= 4 is 39.1 Å². The minimum Gasteiger partial charge on any atom is -0.312 e. The van der Waals surface area contributed by atoms with Gasteiger partial charge in [0.2, 0.25) is 0 Å². The lowest BCUT2D eigenvalue weighted by Crippen LogP contribution is -2.16. The fourth-order valence-electron chi connectivity index (χ4n) is 2.47. The van der Waals surface area contributed by atoms with E-state index in [1.807, 2.05) is 23.6 Å². The molecule has 0 radical (unpaired) electrons. The first-order valence-electron chi connectivity index (χ1n) is 7.25. The monoisotopic (exact) mass is 360 g/mol. The maximum absolute atomic E-state index is 13.3. The van der Waals surface area contributed by atoms with Gasteiger partial charge in [0.1, 0.15) is 5.82 Å². The van der Waals surface area contributed by atoms with Crippen LogP contribution in [0, 0.1) is 12.7 Å². The van der Waals surface area contributed by atoms with Crippen molar-refractivity contribution in [2.45, 2.75) is 13.5 Å². The van der Waals surface area contributed by atoms with Gasteiger partial charge in [0, 0.05) is 17.1 Å². The van der Waals surface area contributed by atoms with Crippen molar-refractivity contribution < 1.29 is 9.18 Å². The Morgan fingerprint density at radius 1 is 1.42 bits per heavy atom. The van der Waals surface area contributed by atoms with E-state index in [0.29, 0.717) is 16.4 Å². The SMILES string of the molecule is C=CCn1c(=NC(=O)c2cccc(F)c2)sc2ccc(Cl)c(C)c21. The lowest BCUT2D eigenvalue weighted by molar-refractivity contribution is 0.0997. The number of rotatable bonds is 3. The minimum atomic E-state index is -0.484. The summed E-state index contributed by atoms with van der Waals surface area (Å²) in [5.41, 5.74) is 2.07. The molecule has 122 valence electrons. The van der Waals surface area contributed by atoms with Crippen molar-refractivity contribution in [1.82, 2.24) is 4.57 Å². The molecule has 1 aromatic heterocycles. The summed E-state index contributed by atoms with van der Waals surface area (Å²) in [6.07, 6.45) is 1.73. The molecule has 1 heterocycles. The van der Waals surface area contributed by atoms with Crippen molar-refractivity contribution in [3.05, 3.63) is 75.8 Å². The third-order valence-corrected chi connectivity index (χ3v) is 5.06. The Morgan fingerprint density at radius 3 is 2.92 bits per heavy atom. The van der Waals surface area contributed by atoms with Gasteiger partial charge >= 0.3 is 0 Å². The molecule has 1 amide bonds. The van der Waals surface area contributed by atoms with Gasteiger partial charge < -0.3 is 4.57 Å². The van der Waals surface area contributed by atoms with Crippen LogP contribution in [0.1, 0.15) is 15.9 Å². The van der Waals surface area contributed by atoms with E-state index in [9.17, 15) is 9.18 Å². The van der Waals surface area contributed by atoms with Crippen LogP contribution in [-0.4, -0.2) is 10.5 Å². The van der Waals surface area contributed by atoms with E-state index in [1.54, 1.807) is 12.1 Å². The van der Waals surface area contributed by atoms with Crippen LogP contribution >= 0.6 is 22.9 Å². The van der Waals surface area contributed by atoms with Crippen molar-refractivity contribution in [2.75, 3.05) is 0 Å². The van der Waals surface area contributed by atoms with Gasteiger partial charge in [0.05, 0.1) is 10.2 Å². The van der Waals surface area contributed by atoms with Gasteiger partial charge in [0.15, 0.2) is 4.80 Å². The standard InChI is InChI=1S/C18H14ClFN2OS/c1-3-9-22-16-11(2)14(19)7-8-15(16)24-18(22)21-17(23)12-5-4-6-13(20)10-12/h3-8,10H,1,9H2,2H3. The van der Waals surface area contributed by atoms with Crippen LogP contribution in [0.25, 0.3) is 10.2 Å². The number of hydrogen-bond donors (Lipinski definition) is 0. The predicted octanol–water partition coefficient (Wildman–Crippen LogP) is 4.73. The van der Waals surface area contributed by atoms with E-state index in [4.69, 9.17) is 11.6 Å². The van der Waals surface area contributed by atoms with Crippen LogP contribution in [0.3, 0.4) is 0 Å². The smallest absolute Gasteiger partial charge is 0.279 e. The van der Waals surface area contributed by atoms with Crippen molar-refractivity contribution in [1.29, 1.82) is 0 Å². The first-order chi connectivity index (χ1) is 11.5. The molecule has 0 N–H and O–H groups in total. The molecule has 0 saturated heterocycles. The molecule has 0 saturated carbocycles. The summed E-state index contributed by atoms with van der Waals surface area (Å²) in [5.74, 6) is -0.948. The topological polar surface area (TPSA) is 34.4 Å². The molecule has 0 unspecified atom stereocenters. The first-order valence-corrected chi connectivity index (χ1v) is 8.44. The second-order valence-corrected chi connectivity index (χ2v) is 6.65. The van der Waals surface area contributed by atoms with Crippen LogP contribution < -0.4 is 4.80 Å². The molecule has 3 nitrogen and oxygen atoms in total. The molecule has 2 aromatic carbocycles. The molecule has 0 aliphatic carbocycles. The average Bonchev–Trinajstić information content (AvgIpc) is 2.90. The summed E-state index contributed by atoms with van der Waals surface area (Å²) in [4.78, 5) is 17.1. The summed E-state index contributed by atoms with van der Waals surface area (Å²) in [7, 11) is 0. The molecule has 0 atom stereocenters. The number of nitrogens with zero attached hydrogens (tertiary/aromatic N) is 2. The molecule has 3 aromatic rings. The van der Waals surface area contributed by atoms with Gasteiger partial charge in [-0.25, -0.2) is 4.39 Å². The number of allylic oxidation sites excluding steroid dienone is 1. The largest absolute Gasteiger partial charge is 0.312 e. The van der Waals surface area contributed by atoms with Crippen molar-refractivity contribution in [2.24, 2.45) is 4.99 Å². The third-order valence-electron chi connectivity index (χ3n) is 3.61. The van der Waals surface area contributed by atoms with Crippen LogP contribution in [0.2, 0.25) is 5.02 Å². The number of halogens is 2. The zero-order valence-electron chi connectivity index (χ0n) is 12.9. The van der Waals surface area contributed by atoms with Gasteiger partial charge in [-0.2, -0.15) is 4.99 Å². The number of benzene rings is 2. The molecule has 6 heteroatoms. The average molecular weight is 361 g/mol. The summed E-state index contributed by atoms with van der Waals surface area (Å²) in [6.45, 7) is 6.18. The molecule has 0 bridgehead atoms. The van der Waals surface area contributed by atoms with Crippen LogP contribution in [-0.2, 0) is 6.54 Å². The fourth-order valence-corrected chi connectivity index (χ4v) is 3.72. The maximum atomic E-state index is 13.3. The molecule has 0 spiro atoms. The van der Waals surface area contributed by atoms with Crippen LogP contribution in [0.4, 0.5) is 4.39 Å². The number of aryl methyl sites for hydroxylation is 1. The maximum Gasteiger partial charge on any atom is 0.279 e. The fraction of sp³-hybridized carbons (Fsp3) is 0.111. The Morgan fingerprint density at radius 2 is 2.21 bits per heavy atom. The number of carbonyl (C=O) groups excluding carboxylic acids is 1. The molecular weight excluding hydrogens is 347 g/mol. The Labute approximate surface area is 147 Å². The molecule has 0 fully saturated rings. The summed E-state index contributed by atoms with van der Waals surface area (Å²) in [5, 5.41) is 0.654. The number of amides is 1. The number of hydrogen-bond acceptors (Lipinski definition) is 2. The lowest BCUT2D eigenvalue weighted by Gasteiger charge is -2.05. The van der Waals surface area contributed by atoms with Crippen LogP contribution in [0.15, 0.2) is 54.0 Å². The Kier molecular flexibility index (Phi) is 4.64. The second-order valence-electron chi connectivity index (χ2n) is 5.23. The third kappa shape index (κ3) is 3.05. The molecule has 3 rings (SSSR count). The highest BCUT2D eigenvalue weighted by Crippen LogP contribution is 2.27. The Bertz CT molecular complexity index is 1020. The molecule has 0 aliphatic rings. The molecular formula is C18H14ClFN2OS. The summed E-state index contributed by atoms with van der Waals surface area (Å²) in [6, 6.07) is 9.23.